The Balaban J connectivity index is 2.23. The maximum absolute atomic E-state index is 13.1. The second kappa shape index (κ2) is 17.5. The number of esters is 1. The average molecular weight is 582 g/mol. The smallest absolute Gasteiger partial charge is 0.460 e. The maximum Gasteiger partial charge on any atom is 0.566 e. The van der Waals surface area contributed by atoms with Gasteiger partial charge in [-0.1, -0.05) is 104 Å². The molecule has 0 fully saturated rings. The van der Waals surface area contributed by atoms with Gasteiger partial charge in [-0.25, -0.2) is 8.42 Å². The zero-order chi connectivity index (χ0) is 30.4. The molecule has 0 bridgehead atoms. The molecule has 1 aromatic carbocycles. The van der Waals surface area contributed by atoms with E-state index in [0.29, 0.717) is 12.8 Å². The molecule has 0 aliphatic rings. The summed E-state index contributed by atoms with van der Waals surface area (Å²) in [7, 11) is -6.06. The number of benzene rings is 1. The lowest BCUT2D eigenvalue weighted by molar-refractivity contribution is -0.154. The highest BCUT2D eigenvalue weighted by atomic mass is 32.2. The molecule has 40 heavy (non-hydrogen) atoms. The van der Waals surface area contributed by atoms with Crippen molar-refractivity contribution in [3.05, 3.63) is 29.8 Å². The lowest BCUT2D eigenvalue weighted by Crippen LogP contribution is -2.44. The first kappa shape index (κ1) is 36.6. The van der Waals surface area contributed by atoms with E-state index in [9.17, 15) is 23.3 Å². The molecule has 0 saturated carbocycles. The fourth-order valence-corrected chi connectivity index (χ4v) is 5.99. The van der Waals surface area contributed by atoms with Gasteiger partial charge in [-0.05, 0) is 62.6 Å². The number of hydrogen-bond acceptors (Lipinski definition) is 6. The van der Waals surface area contributed by atoms with Gasteiger partial charge in [0.2, 0.25) is 10.0 Å². The molecule has 0 aromatic heterocycles. The molecule has 0 radical (unpaired) electrons. The Morgan fingerprint density at radius 2 is 1.23 bits per heavy atom. The number of hydrogen-bond donors (Lipinski definition) is 2. The molecule has 0 saturated heterocycles. The van der Waals surface area contributed by atoms with Gasteiger partial charge in [-0.15, -0.1) is 0 Å². The van der Waals surface area contributed by atoms with Crippen molar-refractivity contribution in [3.63, 3.8) is 0 Å². The quantitative estimate of drug-likeness (QED) is 0.102. The molecule has 1 rings (SSSR count). The average Bonchev–Trinajstić information content (AvgIpc) is 2.84. The minimum atomic E-state index is -4.00. The Kier molecular flexibility index (Phi) is 16.0. The van der Waals surface area contributed by atoms with Gasteiger partial charge in [-0.2, -0.15) is 4.22 Å². The van der Waals surface area contributed by atoms with Gasteiger partial charge in [0.25, 0.3) is 0 Å². The highest BCUT2D eigenvalue weighted by Gasteiger charge is 2.33. The van der Waals surface area contributed by atoms with E-state index in [1.807, 2.05) is 32.9 Å². The van der Waals surface area contributed by atoms with Crippen LogP contribution in [-0.2, 0) is 19.6 Å². The van der Waals surface area contributed by atoms with Gasteiger partial charge in [-0.3, -0.25) is 4.79 Å². The summed E-state index contributed by atoms with van der Waals surface area (Å²) in [5, 5.41) is 19.6. The molecule has 2 N–H and O–H groups in total. The van der Waals surface area contributed by atoms with Crippen molar-refractivity contribution in [1.29, 1.82) is 0 Å². The van der Waals surface area contributed by atoms with Gasteiger partial charge in [0.15, 0.2) is 0 Å². The number of ether oxygens (including phenoxy) is 1. The van der Waals surface area contributed by atoms with Gasteiger partial charge in [0.05, 0.1) is 4.90 Å². The van der Waals surface area contributed by atoms with Gasteiger partial charge >= 0.3 is 13.2 Å². The molecule has 0 heterocycles. The zero-order valence-electron chi connectivity index (χ0n) is 26.2. The molecular formula is C31H56BNO6S. The standard InChI is InChI=1S/C31H56BNO6S/c1-26(30(2,3)4)27-21-23-28(24-22-27)40(37,38)33(32(35)36)25-19-17-15-13-11-9-8-10-12-14-16-18-20-29(34)39-31(5,6)7/h21-24,26,35-36H,8-20,25H2,1-7H3. The Morgan fingerprint density at radius 3 is 1.62 bits per heavy atom. The Bertz CT molecular complexity index is 952. The van der Waals surface area contributed by atoms with Crippen molar-refractivity contribution in [1.82, 2.24) is 4.22 Å². The van der Waals surface area contributed by atoms with Crippen molar-refractivity contribution in [3.8, 4) is 0 Å². The van der Waals surface area contributed by atoms with Crippen molar-refractivity contribution < 1.29 is 28.0 Å². The first-order valence-electron chi connectivity index (χ1n) is 15.3. The van der Waals surface area contributed by atoms with Crippen LogP contribution in [0.4, 0.5) is 0 Å². The number of unbranched alkanes of at least 4 members (excludes halogenated alkanes) is 11. The fraction of sp³-hybridized carbons (Fsp3) is 0.774. The molecular weight excluding hydrogens is 525 g/mol. The number of nitrogens with zero attached hydrogens (tertiary/aromatic N) is 1. The van der Waals surface area contributed by atoms with Crippen LogP contribution in [0.2, 0.25) is 0 Å². The summed E-state index contributed by atoms with van der Waals surface area (Å²) in [5.74, 6) is 0.149. The molecule has 9 heteroatoms. The first-order chi connectivity index (χ1) is 18.6. The maximum atomic E-state index is 13.1. The van der Waals surface area contributed by atoms with Crippen LogP contribution in [0.15, 0.2) is 29.2 Å². The Morgan fingerprint density at radius 1 is 0.800 bits per heavy atom. The molecule has 230 valence electrons. The van der Waals surface area contributed by atoms with E-state index in [-0.39, 0.29) is 28.7 Å². The minimum Gasteiger partial charge on any atom is -0.460 e. The van der Waals surface area contributed by atoms with Crippen molar-refractivity contribution in [2.45, 2.75) is 148 Å². The lowest BCUT2D eigenvalue weighted by Gasteiger charge is -2.28. The van der Waals surface area contributed by atoms with Crippen LogP contribution in [0.1, 0.15) is 143 Å². The summed E-state index contributed by atoms with van der Waals surface area (Å²) in [4.78, 5) is 11.8. The van der Waals surface area contributed by atoms with Crippen LogP contribution >= 0.6 is 0 Å². The van der Waals surface area contributed by atoms with Gasteiger partial charge < -0.3 is 14.8 Å². The van der Waals surface area contributed by atoms with E-state index in [2.05, 4.69) is 27.7 Å². The summed E-state index contributed by atoms with van der Waals surface area (Å²) in [6.07, 6.45) is 13.1. The third-order valence-electron chi connectivity index (χ3n) is 7.47. The van der Waals surface area contributed by atoms with E-state index in [4.69, 9.17) is 4.74 Å². The first-order valence-corrected chi connectivity index (χ1v) is 16.7. The number of rotatable bonds is 19. The number of sulfonamides is 1. The van der Waals surface area contributed by atoms with E-state index < -0.39 is 22.9 Å². The second-order valence-corrected chi connectivity index (χ2v) is 15.1. The van der Waals surface area contributed by atoms with E-state index in [1.165, 1.54) is 25.7 Å². The normalized spacial score (nSPS) is 13.4. The Labute approximate surface area is 245 Å². The predicted octanol–water partition coefficient (Wildman–Crippen LogP) is 7.21. The SMILES string of the molecule is CC(c1ccc(S(=O)(=O)N(CCCCCCCCCCCCCCC(=O)OC(C)(C)C)B(O)O)cc1)C(C)(C)C. The Hall–Kier alpha value is -1.42. The zero-order valence-corrected chi connectivity index (χ0v) is 27.1. The van der Waals surface area contributed by atoms with E-state index in [0.717, 1.165) is 54.7 Å². The lowest BCUT2D eigenvalue weighted by atomic mass is 9.78. The molecule has 0 aliphatic heterocycles. The van der Waals surface area contributed by atoms with Crippen LogP contribution in [0.5, 0.6) is 0 Å². The van der Waals surface area contributed by atoms with Crippen molar-refractivity contribution in [2.24, 2.45) is 5.41 Å². The molecule has 0 aliphatic carbocycles. The summed E-state index contributed by atoms with van der Waals surface area (Å²) >= 11 is 0. The van der Waals surface area contributed by atoms with Crippen molar-refractivity contribution in [2.75, 3.05) is 6.54 Å². The van der Waals surface area contributed by atoms with Crippen molar-refractivity contribution >= 4 is 23.2 Å². The molecule has 1 aromatic rings. The highest BCUT2D eigenvalue weighted by Crippen LogP contribution is 2.34. The predicted molar refractivity (Wildman–Crippen MR) is 164 cm³/mol. The van der Waals surface area contributed by atoms with Crippen LogP contribution in [-0.4, -0.2) is 48.1 Å². The summed E-state index contributed by atoms with van der Waals surface area (Å²) in [6, 6.07) is 6.76. The van der Waals surface area contributed by atoms with Gasteiger partial charge in [0, 0.05) is 13.0 Å². The number of carbonyl (C=O) groups is 1. The molecule has 1 atom stereocenters. The topological polar surface area (TPSA) is 104 Å². The molecule has 7 nitrogen and oxygen atoms in total. The summed E-state index contributed by atoms with van der Waals surface area (Å²) < 4.78 is 32.2. The van der Waals surface area contributed by atoms with Crippen LogP contribution in [0.25, 0.3) is 0 Å². The minimum absolute atomic E-state index is 0.0548. The van der Waals surface area contributed by atoms with Gasteiger partial charge in [0.1, 0.15) is 5.60 Å². The molecule has 0 amide bonds. The van der Waals surface area contributed by atoms with Crippen LogP contribution in [0.3, 0.4) is 0 Å². The molecule has 0 spiro atoms. The third-order valence-corrected chi connectivity index (χ3v) is 9.33. The highest BCUT2D eigenvalue weighted by molar-refractivity contribution is 7.90. The van der Waals surface area contributed by atoms with E-state index >= 15 is 0 Å². The third kappa shape index (κ3) is 14.5. The summed E-state index contributed by atoms with van der Waals surface area (Å²) in [6.45, 7) is 14.3. The summed E-state index contributed by atoms with van der Waals surface area (Å²) in [5.41, 5.74) is 0.704. The van der Waals surface area contributed by atoms with Crippen LogP contribution < -0.4 is 0 Å². The fourth-order valence-electron chi connectivity index (χ4n) is 4.62. The monoisotopic (exact) mass is 581 g/mol. The van der Waals surface area contributed by atoms with E-state index in [1.54, 1.807) is 12.1 Å². The second-order valence-electron chi connectivity index (χ2n) is 13.2. The largest absolute Gasteiger partial charge is 0.566 e. The number of carbonyl (C=O) groups excluding carboxylic acids is 1. The van der Waals surface area contributed by atoms with Crippen LogP contribution in [0, 0.1) is 5.41 Å². The molecule has 1 unspecified atom stereocenters.